The number of amides is 1. The van der Waals surface area contributed by atoms with Gasteiger partial charge in [-0.2, -0.15) is 0 Å². The van der Waals surface area contributed by atoms with E-state index in [1.807, 2.05) is 38.1 Å². The molecule has 5 heteroatoms. The van der Waals surface area contributed by atoms with Crippen LogP contribution in [0.15, 0.2) is 29.4 Å². The van der Waals surface area contributed by atoms with Gasteiger partial charge in [0.15, 0.2) is 5.16 Å². The summed E-state index contributed by atoms with van der Waals surface area (Å²) in [6.07, 6.45) is 0. The number of nitrogens with one attached hydrogen (secondary N) is 1. The lowest BCUT2D eigenvalue weighted by molar-refractivity contribution is 0.228. The van der Waals surface area contributed by atoms with Crippen molar-refractivity contribution >= 4 is 28.0 Å². The Kier molecular flexibility index (Phi) is 3.68. The lowest BCUT2D eigenvalue weighted by Crippen LogP contribution is -2.26. The van der Waals surface area contributed by atoms with Crippen molar-refractivity contribution in [1.29, 1.82) is 0 Å². The van der Waals surface area contributed by atoms with Crippen molar-refractivity contribution in [2.24, 2.45) is 0 Å². The molecule has 4 nitrogen and oxygen atoms in total. The Morgan fingerprint density at radius 3 is 2.71 bits per heavy atom. The lowest BCUT2D eigenvalue weighted by Gasteiger charge is -2.16. The molecular formula is C12H15N3OS. The minimum absolute atomic E-state index is 0.0362. The van der Waals surface area contributed by atoms with Gasteiger partial charge in [0, 0.05) is 24.9 Å². The van der Waals surface area contributed by atoms with E-state index < -0.39 is 0 Å². The SMILES string of the molecule is CCN(CC)C(=O)Sc1nc2ccccc2[nH]1. The molecular weight excluding hydrogens is 234 g/mol. The maximum absolute atomic E-state index is 11.9. The van der Waals surface area contributed by atoms with E-state index in [9.17, 15) is 4.79 Å². The highest BCUT2D eigenvalue weighted by atomic mass is 32.2. The van der Waals surface area contributed by atoms with Crippen molar-refractivity contribution in [2.75, 3.05) is 13.1 Å². The van der Waals surface area contributed by atoms with Crippen LogP contribution in [-0.4, -0.2) is 33.2 Å². The van der Waals surface area contributed by atoms with E-state index in [2.05, 4.69) is 9.97 Å². The highest BCUT2D eigenvalue weighted by molar-refractivity contribution is 8.13. The van der Waals surface area contributed by atoms with Gasteiger partial charge in [-0.15, -0.1) is 0 Å². The predicted molar refractivity (Wildman–Crippen MR) is 70.3 cm³/mol. The van der Waals surface area contributed by atoms with Gasteiger partial charge in [0.05, 0.1) is 11.0 Å². The Morgan fingerprint density at radius 2 is 2.06 bits per heavy atom. The van der Waals surface area contributed by atoms with E-state index in [0.29, 0.717) is 5.16 Å². The third-order valence-corrected chi connectivity index (χ3v) is 3.39. The van der Waals surface area contributed by atoms with Crippen LogP contribution in [0.1, 0.15) is 13.8 Å². The standard InChI is InChI=1S/C12H15N3OS/c1-3-15(4-2)12(16)17-11-13-9-7-5-6-8-10(9)14-11/h5-8H,3-4H2,1-2H3,(H,13,14). The van der Waals surface area contributed by atoms with E-state index in [-0.39, 0.29) is 5.24 Å². The first-order chi connectivity index (χ1) is 8.24. The molecule has 1 N–H and O–H groups in total. The van der Waals surface area contributed by atoms with Gasteiger partial charge in [-0.1, -0.05) is 12.1 Å². The van der Waals surface area contributed by atoms with Crippen LogP contribution in [0, 0.1) is 0 Å². The third kappa shape index (κ3) is 2.61. The summed E-state index contributed by atoms with van der Waals surface area (Å²) in [4.78, 5) is 21.2. The van der Waals surface area contributed by atoms with Gasteiger partial charge in [-0.25, -0.2) is 4.98 Å². The normalized spacial score (nSPS) is 10.7. The maximum Gasteiger partial charge on any atom is 0.289 e. The fraction of sp³-hybridized carbons (Fsp3) is 0.333. The molecule has 2 rings (SSSR count). The second-order valence-corrected chi connectivity index (χ2v) is 4.54. The summed E-state index contributed by atoms with van der Waals surface area (Å²) in [6, 6.07) is 7.76. The number of nitrogens with zero attached hydrogens (tertiary/aromatic N) is 2. The predicted octanol–water partition coefficient (Wildman–Crippen LogP) is 3.12. The molecule has 2 aromatic rings. The summed E-state index contributed by atoms with van der Waals surface area (Å²) in [7, 11) is 0. The number of rotatable bonds is 3. The first-order valence-corrected chi connectivity index (χ1v) is 6.47. The lowest BCUT2D eigenvalue weighted by atomic mass is 10.3. The summed E-state index contributed by atoms with van der Waals surface area (Å²) >= 11 is 1.15. The minimum atomic E-state index is 0.0362. The summed E-state index contributed by atoms with van der Waals surface area (Å²) in [5, 5.41) is 0.692. The highest BCUT2D eigenvalue weighted by Crippen LogP contribution is 2.21. The number of para-hydroxylation sites is 2. The van der Waals surface area contributed by atoms with Crippen molar-refractivity contribution in [3.63, 3.8) is 0 Å². The average molecular weight is 249 g/mol. The largest absolute Gasteiger partial charge is 0.334 e. The number of aromatic amines is 1. The zero-order chi connectivity index (χ0) is 12.3. The zero-order valence-corrected chi connectivity index (χ0v) is 10.8. The molecule has 0 aliphatic rings. The Balaban J connectivity index is 2.15. The Labute approximate surface area is 104 Å². The first-order valence-electron chi connectivity index (χ1n) is 5.66. The number of imidazole rings is 1. The number of fused-ring (bicyclic) bond motifs is 1. The van der Waals surface area contributed by atoms with Crippen LogP contribution < -0.4 is 0 Å². The van der Waals surface area contributed by atoms with Crippen LogP contribution in [0.2, 0.25) is 0 Å². The molecule has 0 fully saturated rings. The number of hydrogen-bond acceptors (Lipinski definition) is 3. The van der Waals surface area contributed by atoms with Crippen LogP contribution >= 0.6 is 11.8 Å². The second kappa shape index (κ2) is 5.23. The second-order valence-electron chi connectivity index (χ2n) is 3.60. The van der Waals surface area contributed by atoms with Gasteiger partial charge in [-0.3, -0.25) is 4.79 Å². The van der Waals surface area contributed by atoms with Crippen LogP contribution in [-0.2, 0) is 0 Å². The Morgan fingerprint density at radius 1 is 1.35 bits per heavy atom. The van der Waals surface area contributed by atoms with Crippen molar-refractivity contribution < 1.29 is 4.79 Å². The van der Waals surface area contributed by atoms with E-state index in [1.165, 1.54) is 0 Å². The number of aromatic nitrogens is 2. The molecule has 0 atom stereocenters. The zero-order valence-electron chi connectivity index (χ0n) is 9.93. The molecule has 17 heavy (non-hydrogen) atoms. The van der Waals surface area contributed by atoms with Gasteiger partial charge in [0.25, 0.3) is 5.24 Å². The monoisotopic (exact) mass is 249 g/mol. The minimum Gasteiger partial charge on any atom is -0.334 e. The molecule has 1 aromatic heterocycles. The summed E-state index contributed by atoms with van der Waals surface area (Å²) in [5.74, 6) is 0. The molecule has 1 heterocycles. The molecule has 1 amide bonds. The van der Waals surface area contributed by atoms with Crippen LogP contribution in [0.4, 0.5) is 4.79 Å². The molecule has 0 aliphatic carbocycles. The van der Waals surface area contributed by atoms with Crippen LogP contribution in [0.25, 0.3) is 11.0 Å². The number of thioether (sulfide) groups is 1. The van der Waals surface area contributed by atoms with E-state index in [1.54, 1.807) is 4.90 Å². The fourth-order valence-corrected chi connectivity index (χ4v) is 2.46. The maximum atomic E-state index is 11.9. The van der Waals surface area contributed by atoms with Crippen molar-refractivity contribution in [2.45, 2.75) is 19.0 Å². The van der Waals surface area contributed by atoms with E-state index in [0.717, 1.165) is 35.9 Å². The quantitative estimate of drug-likeness (QED) is 0.850. The number of benzene rings is 1. The first kappa shape index (κ1) is 12.0. The van der Waals surface area contributed by atoms with Crippen molar-refractivity contribution in [3.8, 4) is 0 Å². The smallest absolute Gasteiger partial charge is 0.289 e. The molecule has 0 spiro atoms. The van der Waals surface area contributed by atoms with Gasteiger partial charge < -0.3 is 9.88 Å². The number of hydrogen-bond donors (Lipinski definition) is 1. The average Bonchev–Trinajstić information content (AvgIpc) is 2.72. The Bertz CT molecular complexity index is 486. The van der Waals surface area contributed by atoms with Crippen molar-refractivity contribution in [1.82, 2.24) is 14.9 Å². The molecule has 0 saturated heterocycles. The van der Waals surface area contributed by atoms with E-state index >= 15 is 0 Å². The van der Waals surface area contributed by atoms with Gasteiger partial charge in [-0.05, 0) is 26.0 Å². The molecule has 0 aliphatic heterocycles. The van der Waals surface area contributed by atoms with E-state index in [4.69, 9.17) is 0 Å². The highest BCUT2D eigenvalue weighted by Gasteiger charge is 2.13. The summed E-state index contributed by atoms with van der Waals surface area (Å²) in [6.45, 7) is 5.40. The summed E-state index contributed by atoms with van der Waals surface area (Å²) < 4.78 is 0. The number of H-pyrrole nitrogens is 1. The molecule has 0 saturated carbocycles. The molecule has 90 valence electrons. The molecule has 1 aromatic carbocycles. The van der Waals surface area contributed by atoms with Gasteiger partial charge >= 0.3 is 0 Å². The Hall–Kier alpha value is -1.49. The topological polar surface area (TPSA) is 49.0 Å². The molecule has 0 bridgehead atoms. The number of carbonyl (C=O) groups is 1. The van der Waals surface area contributed by atoms with Gasteiger partial charge in [0.2, 0.25) is 0 Å². The summed E-state index contributed by atoms with van der Waals surface area (Å²) in [5.41, 5.74) is 1.85. The third-order valence-electron chi connectivity index (χ3n) is 2.57. The van der Waals surface area contributed by atoms with Crippen LogP contribution in [0.3, 0.4) is 0 Å². The molecule has 0 unspecified atom stereocenters. The molecule has 0 radical (unpaired) electrons. The van der Waals surface area contributed by atoms with Gasteiger partial charge in [0.1, 0.15) is 0 Å². The number of carbonyl (C=O) groups excluding carboxylic acids is 1. The van der Waals surface area contributed by atoms with Crippen LogP contribution in [0.5, 0.6) is 0 Å². The van der Waals surface area contributed by atoms with Crippen molar-refractivity contribution in [3.05, 3.63) is 24.3 Å². The fourth-order valence-electron chi connectivity index (χ4n) is 1.61.